The third-order valence-electron chi connectivity index (χ3n) is 4.18. The van der Waals surface area contributed by atoms with Crippen LogP contribution in [0.2, 0.25) is 0 Å². The van der Waals surface area contributed by atoms with Crippen LogP contribution < -0.4 is 14.9 Å². The molecule has 0 aliphatic carbocycles. The topological polar surface area (TPSA) is 64.8 Å². The van der Waals surface area contributed by atoms with E-state index in [0.717, 1.165) is 20.9 Å². The number of fused-ring (bicyclic) bond motifs is 1. The summed E-state index contributed by atoms with van der Waals surface area (Å²) >= 11 is 3.50. The number of benzene rings is 2. The number of rotatable bonds is 7. The van der Waals surface area contributed by atoms with Crippen molar-refractivity contribution in [1.82, 2.24) is 9.99 Å². The van der Waals surface area contributed by atoms with Crippen molar-refractivity contribution in [3.63, 3.8) is 0 Å². The van der Waals surface area contributed by atoms with Crippen molar-refractivity contribution in [3.8, 4) is 11.5 Å². The molecule has 0 saturated heterocycles. The molecule has 0 bridgehead atoms. The number of halogens is 1. The zero-order valence-corrected chi connectivity index (χ0v) is 17.6. The zero-order valence-electron chi connectivity index (χ0n) is 16.0. The number of ether oxygens (including phenoxy) is 2. The molecule has 0 fully saturated rings. The Balaban J connectivity index is 1.78. The van der Waals surface area contributed by atoms with Gasteiger partial charge in [-0.25, -0.2) is 5.43 Å². The van der Waals surface area contributed by atoms with E-state index in [2.05, 4.69) is 26.5 Å². The summed E-state index contributed by atoms with van der Waals surface area (Å²) in [7, 11) is 1.86. The van der Waals surface area contributed by atoms with E-state index in [4.69, 9.17) is 9.47 Å². The molecule has 28 heavy (non-hydrogen) atoms. The highest BCUT2D eigenvalue weighted by Gasteiger charge is 2.13. The molecule has 0 aliphatic rings. The van der Waals surface area contributed by atoms with E-state index in [0.29, 0.717) is 30.4 Å². The minimum atomic E-state index is -0.273. The van der Waals surface area contributed by atoms with E-state index >= 15 is 0 Å². The summed E-state index contributed by atoms with van der Waals surface area (Å²) in [6.07, 6.45) is 1.57. The third kappa shape index (κ3) is 4.20. The van der Waals surface area contributed by atoms with Gasteiger partial charge in [-0.3, -0.25) is 4.79 Å². The number of aromatic nitrogens is 1. The van der Waals surface area contributed by atoms with Gasteiger partial charge >= 0.3 is 0 Å². The van der Waals surface area contributed by atoms with Crippen molar-refractivity contribution >= 4 is 39.0 Å². The number of hydrazone groups is 1. The van der Waals surface area contributed by atoms with E-state index in [9.17, 15) is 4.79 Å². The Bertz CT molecular complexity index is 1030. The summed E-state index contributed by atoms with van der Waals surface area (Å²) in [6, 6.07) is 13.4. The average Bonchev–Trinajstić information content (AvgIpc) is 3.02. The summed E-state index contributed by atoms with van der Waals surface area (Å²) in [5, 5.41) is 5.10. The number of hydrogen-bond donors (Lipinski definition) is 1. The molecule has 0 saturated carbocycles. The second-order valence-corrected chi connectivity index (χ2v) is 6.90. The molecule has 1 aromatic heterocycles. The van der Waals surface area contributed by atoms with Crippen LogP contribution in [0.3, 0.4) is 0 Å². The minimum absolute atomic E-state index is 0.273. The van der Waals surface area contributed by atoms with Gasteiger partial charge in [0, 0.05) is 18.0 Å². The molecule has 3 rings (SSSR count). The van der Waals surface area contributed by atoms with Gasteiger partial charge in [0.15, 0.2) is 11.5 Å². The van der Waals surface area contributed by atoms with E-state index in [1.54, 1.807) is 6.21 Å². The lowest BCUT2D eigenvalue weighted by Crippen LogP contribution is -2.20. The Labute approximate surface area is 172 Å². The van der Waals surface area contributed by atoms with Crippen molar-refractivity contribution < 1.29 is 14.3 Å². The molecule has 0 spiro atoms. The molecule has 146 valence electrons. The monoisotopic (exact) mass is 443 g/mol. The lowest BCUT2D eigenvalue weighted by molar-refractivity contribution is 0.0947. The molecule has 0 radical (unpaired) electrons. The third-order valence-corrected chi connectivity index (χ3v) is 4.77. The SMILES string of the molecule is CCOc1cc(/C=N/NC(=O)c2cc3ccccc3n2C)cc(Br)c1OCC. The summed E-state index contributed by atoms with van der Waals surface area (Å²) in [5.41, 5.74) is 4.89. The van der Waals surface area contributed by atoms with E-state index in [1.807, 2.05) is 67.9 Å². The molecular formula is C21H22BrN3O3. The van der Waals surface area contributed by atoms with Crippen LogP contribution in [0.5, 0.6) is 11.5 Å². The number of nitrogens with one attached hydrogen (secondary N) is 1. The second kappa shape index (κ2) is 8.93. The van der Waals surface area contributed by atoms with Gasteiger partial charge in [0.1, 0.15) is 5.69 Å². The Morgan fingerprint density at radius 3 is 2.64 bits per heavy atom. The maximum absolute atomic E-state index is 12.5. The highest BCUT2D eigenvalue weighted by molar-refractivity contribution is 9.10. The highest BCUT2D eigenvalue weighted by Crippen LogP contribution is 2.36. The molecule has 1 heterocycles. The second-order valence-electron chi connectivity index (χ2n) is 6.04. The van der Waals surface area contributed by atoms with Crippen molar-refractivity contribution in [2.45, 2.75) is 13.8 Å². The molecule has 0 unspecified atom stereocenters. The van der Waals surface area contributed by atoms with Gasteiger partial charge in [-0.2, -0.15) is 5.10 Å². The average molecular weight is 444 g/mol. The number of nitrogens with zero attached hydrogens (tertiary/aromatic N) is 2. The van der Waals surface area contributed by atoms with Crippen LogP contribution in [0.15, 0.2) is 52.0 Å². The van der Waals surface area contributed by atoms with Gasteiger partial charge in [0.05, 0.1) is 23.9 Å². The molecule has 2 aromatic carbocycles. The Morgan fingerprint density at radius 1 is 1.18 bits per heavy atom. The van der Waals surface area contributed by atoms with Crippen LogP contribution in [0, 0.1) is 0 Å². The maximum Gasteiger partial charge on any atom is 0.287 e. The van der Waals surface area contributed by atoms with Gasteiger partial charge < -0.3 is 14.0 Å². The summed E-state index contributed by atoms with van der Waals surface area (Å²) in [5.74, 6) is 1.01. The number of carbonyl (C=O) groups excluding carboxylic acids is 1. The predicted octanol–water partition coefficient (Wildman–Crippen LogP) is 4.50. The molecule has 6 nitrogen and oxygen atoms in total. The molecular weight excluding hydrogens is 422 g/mol. The fourth-order valence-corrected chi connectivity index (χ4v) is 3.51. The molecule has 0 atom stereocenters. The molecule has 1 amide bonds. The first-order chi connectivity index (χ1) is 13.5. The number of aryl methyl sites for hydroxylation is 1. The van der Waals surface area contributed by atoms with Crippen LogP contribution in [-0.4, -0.2) is 29.9 Å². The summed E-state index contributed by atoms with van der Waals surface area (Å²) in [4.78, 5) is 12.5. The van der Waals surface area contributed by atoms with Crippen LogP contribution in [-0.2, 0) is 7.05 Å². The number of para-hydroxylation sites is 1. The fourth-order valence-electron chi connectivity index (χ4n) is 2.94. The van der Waals surface area contributed by atoms with Gasteiger partial charge in [-0.05, 0) is 59.6 Å². The molecule has 7 heteroatoms. The maximum atomic E-state index is 12.5. The Hall–Kier alpha value is -2.80. The molecule has 3 aromatic rings. The first kappa shape index (κ1) is 19.9. The van der Waals surface area contributed by atoms with Gasteiger partial charge in [-0.15, -0.1) is 0 Å². The first-order valence-corrected chi connectivity index (χ1v) is 9.81. The quantitative estimate of drug-likeness (QED) is 0.431. The Kier molecular flexibility index (Phi) is 6.36. The van der Waals surface area contributed by atoms with Crippen molar-refractivity contribution in [3.05, 3.63) is 58.2 Å². The van der Waals surface area contributed by atoms with E-state index in [-0.39, 0.29) is 5.91 Å². The van der Waals surface area contributed by atoms with Gasteiger partial charge in [-0.1, -0.05) is 18.2 Å². The summed E-state index contributed by atoms with van der Waals surface area (Å²) in [6.45, 7) is 4.88. The standard InChI is InChI=1S/C21H22BrN3O3/c1-4-27-19-11-14(10-16(22)20(19)28-5-2)13-23-24-21(26)18-12-15-8-6-7-9-17(15)25(18)3/h6-13H,4-5H2,1-3H3,(H,24,26)/b23-13+. The number of amides is 1. The highest BCUT2D eigenvalue weighted by atomic mass is 79.9. The van der Waals surface area contributed by atoms with Crippen LogP contribution >= 0.6 is 15.9 Å². The van der Waals surface area contributed by atoms with E-state index in [1.165, 1.54) is 0 Å². The van der Waals surface area contributed by atoms with Crippen LogP contribution in [0.4, 0.5) is 0 Å². The number of carbonyl (C=O) groups is 1. The van der Waals surface area contributed by atoms with Crippen molar-refractivity contribution in [2.24, 2.45) is 12.1 Å². The molecule has 1 N–H and O–H groups in total. The lowest BCUT2D eigenvalue weighted by atomic mass is 10.2. The fraction of sp³-hybridized carbons (Fsp3) is 0.238. The largest absolute Gasteiger partial charge is 0.490 e. The number of hydrogen-bond acceptors (Lipinski definition) is 4. The van der Waals surface area contributed by atoms with Gasteiger partial charge in [0.2, 0.25) is 0 Å². The summed E-state index contributed by atoms with van der Waals surface area (Å²) < 4.78 is 13.9. The predicted molar refractivity (Wildman–Crippen MR) is 114 cm³/mol. The smallest absolute Gasteiger partial charge is 0.287 e. The lowest BCUT2D eigenvalue weighted by Gasteiger charge is -2.13. The van der Waals surface area contributed by atoms with E-state index < -0.39 is 0 Å². The normalized spacial score (nSPS) is 11.1. The first-order valence-electron chi connectivity index (χ1n) is 9.02. The van der Waals surface area contributed by atoms with Crippen molar-refractivity contribution in [2.75, 3.05) is 13.2 Å². The minimum Gasteiger partial charge on any atom is -0.490 e. The Morgan fingerprint density at radius 2 is 1.93 bits per heavy atom. The molecule has 0 aliphatic heterocycles. The van der Waals surface area contributed by atoms with Crippen LogP contribution in [0.1, 0.15) is 29.9 Å². The van der Waals surface area contributed by atoms with Crippen molar-refractivity contribution in [1.29, 1.82) is 0 Å². The van der Waals surface area contributed by atoms with Crippen LogP contribution in [0.25, 0.3) is 10.9 Å². The van der Waals surface area contributed by atoms with Gasteiger partial charge in [0.25, 0.3) is 5.91 Å². The zero-order chi connectivity index (χ0) is 20.1.